The summed E-state index contributed by atoms with van der Waals surface area (Å²) in [6, 6.07) is 0. The summed E-state index contributed by atoms with van der Waals surface area (Å²) in [4.78, 5) is 11.7. The van der Waals surface area contributed by atoms with Gasteiger partial charge in [-0.2, -0.15) is 0 Å². The van der Waals surface area contributed by atoms with Crippen LogP contribution in [0.3, 0.4) is 0 Å². The molecule has 1 fully saturated rings. The van der Waals surface area contributed by atoms with Crippen LogP contribution in [0.5, 0.6) is 0 Å². The van der Waals surface area contributed by atoms with E-state index in [1.807, 2.05) is 6.92 Å². The number of terminal acetylenes is 1. The van der Waals surface area contributed by atoms with Crippen molar-refractivity contribution in [1.29, 1.82) is 0 Å². The number of carbonyl (C=O) groups is 1. The predicted octanol–water partition coefficient (Wildman–Crippen LogP) is 3.76. The van der Waals surface area contributed by atoms with Gasteiger partial charge in [-0.3, -0.25) is 4.79 Å². The summed E-state index contributed by atoms with van der Waals surface area (Å²) >= 11 is 0. The number of rotatable bonds is 3. The summed E-state index contributed by atoms with van der Waals surface area (Å²) in [7, 11) is 0. The smallest absolute Gasteiger partial charge is 0.146 e. The van der Waals surface area contributed by atoms with Crippen molar-refractivity contribution in [3.63, 3.8) is 0 Å². The Kier molecular flexibility index (Phi) is 4.12. The number of carbonyl (C=O) groups excluding carboxylic acids is 1. The number of fused-ring (bicyclic) bond motifs is 1. The van der Waals surface area contributed by atoms with Gasteiger partial charge in [-0.05, 0) is 54.1 Å². The molecule has 0 aliphatic heterocycles. The van der Waals surface area contributed by atoms with Crippen LogP contribution in [0.25, 0.3) is 0 Å². The third-order valence-electron chi connectivity index (χ3n) is 5.69. The van der Waals surface area contributed by atoms with E-state index in [0.717, 1.165) is 30.3 Å². The Morgan fingerprint density at radius 3 is 2.70 bits per heavy atom. The molecule has 0 aromatic carbocycles. The molecule has 2 aliphatic rings. The first-order valence-electron chi connectivity index (χ1n) is 7.58. The van der Waals surface area contributed by atoms with E-state index in [9.17, 15) is 4.79 Å². The summed E-state index contributed by atoms with van der Waals surface area (Å²) in [5.41, 5.74) is 2.30. The van der Waals surface area contributed by atoms with Crippen molar-refractivity contribution in [3.05, 3.63) is 11.1 Å². The number of hydrogen-bond donors (Lipinski definition) is 0. The first-order chi connectivity index (χ1) is 9.36. The Balaban J connectivity index is 2.44. The van der Waals surface area contributed by atoms with Crippen LogP contribution in [0.1, 0.15) is 53.4 Å². The van der Waals surface area contributed by atoms with Crippen molar-refractivity contribution in [2.75, 3.05) is 6.61 Å². The van der Waals surface area contributed by atoms with Gasteiger partial charge in [0.05, 0.1) is 6.10 Å². The second-order valence-corrected chi connectivity index (χ2v) is 7.27. The molecule has 3 atom stereocenters. The molecule has 0 saturated heterocycles. The predicted molar refractivity (Wildman–Crippen MR) is 81.2 cm³/mol. The van der Waals surface area contributed by atoms with Crippen LogP contribution in [-0.2, 0) is 9.53 Å². The summed E-state index contributed by atoms with van der Waals surface area (Å²) in [6.45, 7) is 9.28. The minimum Gasteiger partial charge on any atom is -0.361 e. The van der Waals surface area contributed by atoms with Crippen LogP contribution in [0.15, 0.2) is 11.1 Å². The van der Waals surface area contributed by atoms with Gasteiger partial charge in [-0.1, -0.05) is 33.1 Å². The molecule has 0 aromatic heterocycles. The highest BCUT2D eigenvalue weighted by Crippen LogP contribution is 2.59. The van der Waals surface area contributed by atoms with Gasteiger partial charge in [0.25, 0.3) is 0 Å². The van der Waals surface area contributed by atoms with Crippen LogP contribution in [0.4, 0.5) is 0 Å². The molecule has 0 aromatic rings. The minimum absolute atomic E-state index is 0.00157. The molecule has 0 N–H and O–H groups in total. The van der Waals surface area contributed by atoms with Gasteiger partial charge in [0.1, 0.15) is 12.9 Å². The Morgan fingerprint density at radius 2 is 2.10 bits per heavy atom. The fraction of sp³-hybridized carbons (Fsp3) is 0.722. The molecular formula is C18H26O2. The molecule has 2 rings (SSSR count). The molecule has 2 nitrogen and oxygen atoms in total. The van der Waals surface area contributed by atoms with Gasteiger partial charge in [0, 0.05) is 0 Å². The zero-order valence-electron chi connectivity index (χ0n) is 13.2. The molecule has 1 saturated carbocycles. The summed E-state index contributed by atoms with van der Waals surface area (Å²) in [6.07, 6.45) is 10.9. The highest BCUT2D eigenvalue weighted by molar-refractivity contribution is 5.77. The lowest BCUT2D eigenvalue weighted by Crippen LogP contribution is -2.49. The van der Waals surface area contributed by atoms with E-state index < -0.39 is 0 Å². The SMILES string of the molecule is C#CCO[C@@H]1C[C@H]2C(C)(C)CCC[C@]2(C)C(C=O)=C1C. The van der Waals surface area contributed by atoms with Gasteiger partial charge in [0.2, 0.25) is 0 Å². The quantitative estimate of drug-likeness (QED) is 0.578. The molecule has 20 heavy (non-hydrogen) atoms. The normalized spacial score (nSPS) is 36.1. The molecule has 110 valence electrons. The second kappa shape index (κ2) is 5.37. The van der Waals surface area contributed by atoms with Crippen molar-refractivity contribution in [2.24, 2.45) is 16.7 Å². The standard InChI is InChI=1S/C18H26O2/c1-6-10-20-15-11-16-17(3,4)8-7-9-18(16,5)14(12-19)13(15)2/h1,12,15-16H,7-11H2,2-5H3/t15-,16+,18-/m1/s1. The summed E-state index contributed by atoms with van der Waals surface area (Å²) in [5, 5.41) is 0. The average Bonchev–Trinajstić information content (AvgIpc) is 2.36. The monoisotopic (exact) mass is 274 g/mol. The topological polar surface area (TPSA) is 26.3 Å². The maximum atomic E-state index is 11.7. The van der Waals surface area contributed by atoms with Gasteiger partial charge in [-0.15, -0.1) is 6.42 Å². The van der Waals surface area contributed by atoms with Crippen LogP contribution in [0.2, 0.25) is 0 Å². The minimum atomic E-state index is 0.00157. The zero-order valence-corrected chi connectivity index (χ0v) is 13.2. The van der Waals surface area contributed by atoms with Crippen LogP contribution < -0.4 is 0 Å². The van der Waals surface area contributed by atoms with Crippen molar-refractivity contribution in [1.82, 2.24) is 0 Å². The first-order valence-corrected chi connectivity index (χ1v) is 7.58. The van der Waals surface area contributed by atoms with E-state index >= 15 is 0 Å². The van der Waals surface area contributed by atoms with E-state index in [1.165, 1.54) is 12.8 Å². The Labute approximate surface area is 123 Å². The number of ether oxygens (including phenoxy) is 1. The van der Waals surface area contributed by atoms with Crippen molar-refractivity contribution in [2.45, 2.75) is 59.5 Å². The third-order valence-corrected chi connectivity index (χ3v) is 5.69. The van der Waals surface area contributed by atoms with Crippen molar-refractivity contribution >= 4 is 6.29 Å². The zero-order chi connectivity index (χ0) is 15.0. The van der Waals surface area contributed by atoms with E-state index in [-0.39, 0.29) is 16.9 Å². The van der Waals surface area contributed by atoms with Gasteiger partial charge in [0.15, 0.2) is 0 Å². The van der Waals surface area contributed by atoms with Crippen LogP contribution in [0, 0.1) is 29.1 Å². The molecule has 2 aliphatic carbocycles. The number of allylic oxidation sites excluding steroid dienone is 1. The third kappa shape index (κ3) is 2.33. The maximum Gasteiger partial charge on any atom is 0.146 e. The molecule has 0 spiro atoms. The molecule has 0 bridgehead atoms. The van der Waals surface area contributed by atoms with Crippen molar-refractivity contribution < 1.29 is 9.53 Å². The molecule has 0 radical (unpaired) electrons. The van der Waals surface area contributed by atoms with E-state index in [4.69, 9.17) is 11.2 Å². The van der Waals surface area contributed by atoms with Crippen LogP contribution >= 0.6 is 0 Å². The van der Waals surface area contributed by atoms with E-state index in [2.05, 4.69) is 26.7 Å². The average molecular weight is 274 g/mol. The summed E-state index contributed by atoms with van der Waals surface area (Å²) in [5.74, 6) is 3.02. The Hall–Kier alpha value is -1.07. The van der Waals surface area contributed by atoms with E-state index in [0.29, 0.717) is 12.5 Å². The van der Waals surface area contributed by atoms with Gasteiger partial charge < -0.3 is 4.74 Å². The molecule has 0 heterocycles. The van der Waals surface area contributed by atoms with Crippen molar-refractivity contribution in [3.8, 4) is 12.3 Å². The summed E-state index contributed by atoms with van der Waals surface area (Å²) < 4.78 is 5.81. The highest BCUT2D eigenvalue weighted by Gasteiger charge is 2.52. The number of hydrogen-bond acceptors (Lipinski definition) is 2. The lowest BCUT2D eigenvalue weighted by molar-refractivity contribution is -0.109. The first kappa shape index (κ1) is 15.3. The molecular weight excluding hydrogens is 248 g/mol. The Morgan fingerprint density at radius 1 is 1.40 bits per heavy atom. The Bertz CT molecular complexity index is 466. The molecule has 2 heteroatoms. The lowest BCUT2D eigenvalue weighted by Gasteiger charge is -2.55. The molecule has 0 unspecified atom stereocenters. The largest absolute Gasteiger partial charge is 0.361 e. The second-order valence-electron chi connectivity index (χ2n) is 7.27. The lowest BCUT2D eigenvalue weighted by atomic mass is 9.50. The highest BCUT2D eigenvalue weighted by atomic mass is 16.5. The maximum absolute atomic E-state index is 11.7. The number of aldehydes is 1. The van der Waals surface area contributed by atoms with E-state index in [1.54, 1.807) is 0 Å². The van der Waals surface area contributed by atoms with Gasteiger partial charge in [-0.25, -0.2) is 0 Å². The fourth-order valence-electron chi connectivity index (χ4n) is 4.61. The van der Waals surface area contributed by atoms with Crippen LogP contribution in [-0.4, -0.2) is 19.0 Å². The molecule has 0 amide bonds. The fourth-order valence-corrected chi connectivity index (χ4v) is 4.61. The van der Waals surface area contributed by atoms with Gasteiger partial charge >= 0.3 is 0 Å².